The van der Waals surface area contributed by atoms with E-state index < -0.39 is 29.1 Å². The number of hydrogen-bond donors (Lipinski definition) is 1. The van der Waals surface area contributed by atoms with Gasteiger partial charge in [-0.15, -0.1) is 0 Å². The maximum absolute atomic E-state index is 14.9. The highest BCUT2D eigenvalue weighted by molar-refractivity contribution is 6.20. The predicted octanol–water partition coefficient (Wildman–Crippen LogP) is 6.94. The molecule has 0 aliphatic heterocycles. The summed E-state index contributed by atoms with van der Waals surface area (Å²) in [5, 5.41) is 9.66. The van der Waals surface area contributed by atoms with Gasteiger partial charge in [0, 0.05) is 17.3 Å². The van der Waals surface area contributed by atoms with E-state index in [9.17, 15) is 18.7 Å². The van der Waals surface area contributed by atoms with E-state index in [2.05, 4.69) is 9.97 Å². The lowest BCUT2D eigenvalue weighted by atomic mass is 9.93. The van der Waals surface area contributed by atoms with Gasteiger partial charge in [0.15, 0.2) is 6.39 Å². The van der Waals surface area contributed by atoms with Gasteiger partial charge in [0.1, 0.15) is 29.0 Å². The maximum atomic E-state index is 14.9. The number of hydrogen-bond acceptors (Lipinski definition) is 6. The zero-order chi connectivity index (χ0) is 29.2. The normalized spacial score (nSPS) is 12.7. The summed E-state index contributed by atoms with van der Waals surface area (Å²) >= 11 is 6.52. The van der Waals surface area contributed by atoms with Gasteiger partial charge in [0.25, 0.3) is 0 Å². The molecule has 11 heteroatoms. The third-order valence-corrected chi connectivity index (χ3v) is 7.05. The summed E-state index contributed by atoms with van der Waals surface area (Å²) in [5.41, 5.74) is 0.764. The van der Waals surface area contributed by atoms with E-state index in [0.717, 1.165) is 0 Å². The first-order valence-electron chi connectivity index (χ1n) is 12.8. The van der Waals surface area contributed by atoms with Crippen molar-refractivity contribution in [3.8, 4) is 5.75 Å². The van der Waals surface area contributed by atoms with E-state index in [4.69, 9.17) is 25.7 Å². The van der Waals surface area contributed by atoms with Crippen molar-refractivity contribution in [2.24, 2.45) is 0 Å². The molecule has 3 aromatic heterocycles. The third-order valence-electron chi connectivity index (χ3n) is 6.73. The lowest BCUT2D eigenvalue weighted by Crippen LogP contribution is -2.16. The SMILES string of the molecule is O=C(O)c1ccc2nc(C(c3ccccn3)c3cc(F)ccc3OC(Cl)c3ccccc3F)n(Cc3cnco3)c2c1. The Labute approximate surface area is 242 Å². The molecule has 0 radical (unpaired) electrons. The number of carbonyl (C=O) groups is 1. The fourth-order valence-corrected chi connectivity index (χ4v) is 5.07. The molecular formula is C31H21ClF2N4O4. The van der Waals surface area contributed by atoms with Crippen molar-refractivity contribution >= 4 is 28.6 Å². The van der Waals surface area contributed by atoms with Gasteiger partial charge < -0.3 is 18.8 Å². The molecule has 2 atom stereocenters. The number of carboxylic acid groups (broad SMARTS) is 1. The summed E-state index contributed by atoms with van der Waals surface area (Å²) in [6, 6.07) is 19.7. The van der Waals surface area contributed by atoms with Gasteiger partial charge >= 0.3 is 5.97 Å². The number of imidazole rings is 1. The van der Waals surface area contributed by atoms with Crippen LogP contribution in [0, 0.1) is 11.6 Å². The highest BCUT2D eigenvalue weighted by Gasteiger charge is 2.30. The van der Waals surface area contributed by atoms with Crippen molar-refractivity contribution in [2.75, 3.05) is 0 Å². The number of alkyl halides is 1. The predicted molar refractivity (Wildman–Crippen MR) is 150 cm³/mol. The third kappa shape index (κ3) is 5.31. The first-order valence-corrected chi connectivity index (χ1v) is 13.2. The number of pyridine rings is 1. The molecule has 42 heavy (non-hydrogen) atoms. The van der Waals surface area contributed by atoms with E-state index in [1.165, 1.54) is 61.1 Å². The molecular weight excluding hydrogens is 566 g/mol. The van der Waals surface area contributed by atoms with E-state index in [-0.39, 0.29) is 23.4 Å². The topological polar surface area (TPSA) is 103 Å². The quantitative estimate of drug-likeness (QED) is 0.183. The minimum atomic E-state index is -1.23. The number of nitrogens with zero attached hydrogens (tertiary/aromatic N) is 4. The number of rotatable bonds is 9. The smallest absolute Gasteiger partial charge is 0.335 e. The van der Waals surface area contributed by atoms with Crippen LogP contribution in [0.25, 0.3) is 11.0 Å². The number of oxazole rings is 1. The van der Waals surface area contributed by atoms with Crippen LogP contribution in [0.15, 0.2) is 102 Å². The summed E-state index contributed by atoms with van der Waals surface area (Å²) < 4.78 is 42.8. The van der Waals surface area contributed by atoms with Gasteiger partial charge in [-0.25, -0.2) is 23.5 Å². The highest BCUT2D eigenvalue weighted by Crippen LogP contribution is 2.40. The Morgan fingerprint density at radius 2 is 1.86 bits per heavy atom. The van der Waals surface area contributed by atoms with Crippen molar-refractivity contribution in [3.05, 3.63) is 143 Å². The Kier molecular flexibility index (Phi) is 7.37. The van der Waals surface area contributed by atoms with Crippen LogP contribution >= 0.6 is 11.6 Å². The Hall–Kier alpha value is -5.09. The molecule has 0 spiro atoms. The Balaban J connectivity index is 1.57. The van der Waals surface area contributed by atoms with Gasteiger partial charge in [-0.05, 0) is 54.6 Å². The van der Waals surface area contributed by atoms with E-state index in [0.29, 0.717) is 33.9 Å². The molecule has 2 unspecified atom stereocenters. The zero-order valence-corrected chi connectivity index (χ0v) is 22.5. The maximum Gasteiger partial charge on any atom is 0.335 e. The van der Waals surface area contributed by atoms with Gasteiger partial charge in [0.05, 0.1) is 41.0 Å². The van der Waals surface area contributed by atoms with Crippen LogP contribution < -0.4 is 4.74 Å². The average molecular weight is 587 g/mol. The molecule has 0 amide bonds. The van der Waals surface area contributed by atoms with Crippen molar-refractivity contribution < 1.29 is 27.8 Å². The van der Waals surface area contributed by atoms with Gasteiger partial charge in [-0.3, -0.25) is 4.98 Å². The molecule has 210 valence electrons. The summed E-state index contributed by atoms with van der Waals surface area (Å²) in [6.45, 7) is 0.136. The van der Waals surface area contributed by atoms with Gasteiger partial charge in [-0.2, -0.15) is 0 Å². The summed E-state index contributed by atoms with van der Waals surface area (Å²) in [6.07, 6.45) is 4.42. The van der Waals surface area contributed by atoms with Crippen LogP contribution in [-0.2, 0) is 6.54 Å². The highest BCUT2D eigenvalue weighted by atomic mass is 35.5. The average Bonchev–Trinajstić information content (AvgIpc) is 3.63. The molecule has 0 aliphatic rings. The Morgan fingerprint density at radius 1 is 1.02 bits per heavy atom. The number of aromatic nitrogens is 4. The molecule has 1 N–H and O–H groups in total. The minimum Gasteiger partial charge on any atom is -0.478 e. The van der Waals surface area contributed by atoms with Crippen molar-refractivity contribution in [1.82, 2.24) is 19.5 Å². The van der Waals surface area contributed by atoms with Gasteiger partial charge in [0.2, 0.25) is 5.56 Å². The van der Waals surface area contributed by atoms with Crippen LogP contribution in [-0.4, -0.2) is 30.6 Å². The van der Waals surface area contributed by atoms with Crippen LogP contribution in [0.5, 0.6) is 5.75 Å². The Morgan fingerprint density at radius 3 is 2.60 bits per heavy atom. The number of carboxylic acids is 1. The first kappa shape index (κ1) is 27.1. The van der Waals surface area contributed by atoms with Crippen LogP contribution in [0.3, 0.4) is 0 Å². The van der Waals surface area contributed by atoms with Gasteiger partial charge in [-0.1, -0.05) is 35.9 Å². The molecule has 8 nitrogen and oxygen atoms in total. The zero-order valence-electron chi connectivity index (χ0n) is 21.7. The monoisotopic (exact) mass is 586 g/mol. The molecule has 3 aromatic carbocycles. The van der Waals surface area contributed by atoms with Crippen molar-refractivity contribution in [3.63, 3.8) is 0 Å². The second-order valence-electron chi connectivity index (χ2n) is 9.36. The molecule has 3 heterocycles. The number of ether oxygens (including phenoxy) is 1. The standard InChI is InChI=1S/C31H21ClF2N4O4/c32-29(21-5-1-2-6-23(21)34)42-27-11-9-19(33)14-22(27)28(25-7-3-4-12-36-25)30-37-24-10-8-18(31(39)40)13-26(24)38(30)16-20-15-35-17-41-20/h1-15,17,28-29H,16H2,(H,39,40). The summed E-state index contributed by atoms with van der Waals surface area (Å²) in [4.78, 5) is 25.2. The number of fused-ring (bicyclic) bond motifs is 1. The molecule has 0 saturated heterocycles. The second-order valence-corrected chi connectivity index (χ2v) is 9.75. The van der Waals surface area contributed by atoms with E-state index >= 15 is 0 Å². The molecule has 0 fully saturated rings. The first-order chi connectivity index (χ1) is 20.4. The van der Waals surface area contributed by atoms with Crippen molar-refractivity contribution in [1.29, 1.82) is 0 Å². The van der Waals surface area contributed by atoms with Crippen LogP contribution in [0.1, 0.15) is 50.2 Å². The van der Waals surface area contributed by atoms with Crippen molar-refractivity contribution in [2.45, 2.75) is 18.0 Å². The largest absolute Gasteiger partial charge is 0.478 e. The molecule has 0 aliphatic carbocycles. The van der Waals surface area contributed by atoms with E-state index in [1.807, 2.05) is 0 Å². The lowest BCUT2D eigenvalue weighted by Gasteiger charge is -2.23. The molecule has 0 bridgehead atoms. The molecule has 0 saturated carbocycles. The number of benzene rings is 3. The lowest BCUT2D eigenvalue weighted by molar-refractivity contribution is 0.0697. The summed E-state index contributed by atoms with van der Waals surface area (Å²) in [7, 11) is 0. The summed E-state index contributed by atoms with van der Waals surface area (Å²) in [5.74, 6) is -1.98. The van der Waals surface area contributed by atoms with Crippen LogP contribution in [0.4, 0.5) is 8.78 Å². The number of aromatic carboxylic acids is 1. The number of halogens is 3. The Bertz CT molecular complexity index is 1880. The molecule has 6 rings (SSSR count). The van der Waals surface area contributed by atoms with E-state index in [1.54, 1.807) is 41.1 Å². The van der Waals surface area contributed by atoms with Crippen LogP contribution in [0.2, 0.25) is 0 Å². The molecule has 6 aromatic rings. The fraction of sp³-hybridized carbons (Fsp3) is 0.0968. The minimum absolute atomic E-state index is 0.0619. The fourth-order valence-electron chi connectivity index (χ4n) is 4.80. The second kappa shape index (κ2) is 11.4.